The van der Waals surface area contributed by atoms with E-state index >= 15 is 0 Å². The summed E-state index contributed by atoms with van der Waals surface area (Å²) in [5.74, 6) is -0.338. The van der Waals surface area contributed by atoms with Gasteiger partial charge in [-0.15, -0.1) is 0 Å². The second-order valence-electron chi connectivity index (χ2n) is 8.10. The predicted molar refractivity (Wildman–Crippen MR) is 123 cm³/mol. The van der Waals surface area contributed by atoms with Crippen molar-refractivity contribution in [1.29, 1.82) is 0 Å². The summed E-state index contributed by atoms with van der Waals surface area (Å²) < 4.78 is 45.9. The van der Waals surface area contributed by atoms with Crippen LogP contribution in [0.5, 0.6) is 0 Å². The molecule has 0 aliphatic heterocycles. The molecule has 0 saturated carbocycles. The third-order valence-corrected chi connectivity index (χ3v) is 6.40. The number of fused-ring (bicyclic) bond motifs is 1. The number of hydrogen-bond acceptors (Lipinski definition) is 5. The lowest BCUT2D eigenvalue weighted by molar-refractivity contribution is -0.155. The number of aryl methyl sites for hydroxylation is 1. The Labute approximate surface area is 207 Å². The molecule has 33 heavy (non-hydrogen) atoms. The van der Waals surface area contributed by atoms with Crippen molar-refractivity contribution in [3.63, 3.8) is 0 Å². The fourth-order valence-corrected chi connectivity index (χ4v) is 4.38. The molecule has 0 unspecified atom stereocenters. The molecule has 5 nitrogen and oxygen atoms in total. The van der Waals surface area contributed by atoms with E-state index in [1.54, 1.807) is 37.5 Å². The normalized spacial score (nSPS) is 12.4. The van der Waals surface area contributed by atoms with Gasteiger partial charge in [0.15, 0.2) is 5.16 Å². The number of alkyl halides is 3. The smallest absolute Gasteiger partial charge is 0.417 e. The number of pyridine rings is 1. The molecule has 0 amide bonds. The van der Waals surface area contributed by atoms with Gasteiger partial charge in [-0.05, 0) is 57.2 Å². The van der Waals surface area contributed by atoms with E-state index in [9.17, 15) is 18.0 Å². The Kier molecular flexibility index (Phi) is 7.78. The first-order valence-corrected chi connectivity index (χ1v) is 11.7. The summed E-state index contributed by atoms with van der Waals surface area (Å²) in [5, 5.41) is 1.05. The zero-order valence-electron chi connectivity index (χ0n) is 17.8. The molecule has 2 aromatic heterocycles. The van der Waals surface area contributed by atoms with Crippen molar-refractivity contribution in [3.05, 3.63) is 45.0 Å². The Morgan fingerprint density at radius 1 is 1.09 bits per heavy atom. The summed E-state index contributed by atoms with van der Waals surface area (Å²) in [6.07, 6.45) is -3.23. The van der Waals surface area contributed by atoms with Crippen molar-refractivity contribution in [1.82, 2.24) is 14.5 Å². The molecule has 2 heterocycles. The molecule has 12 heteroatoms. The van der Waals surface area contributed by atoms with E-state index in [0.29, 0.717) is 39.2 Å². The zero-order chi connectivity index (χ0) is 24.6. The number of rotatable bonds is 6. The number of esters is 1. The quantitative estimate of drug-likeness (QED) is 0.300. The SMILES string of the molecule is CC(C)(C)OC(=O)CCCn1c(Sc2ncc(C(F)(F)F)cc2Cl)nc2cc(Cl)c(Cl)cc21. The third-order valence-electron chi connectivity index (χ3n) is 4.26. The van der Waals surface area contributed by atoms with Gasteiger partial charge in [0, 0.05) is 19.2 Å². The van der Waals surface area contributed by atoms with E-state index < -0.39 is 17.3 Å². The maximum absolute atomic E-state index is 12.9. The number of aromatic nitrogens is 3. The number of hydrogen-bond donors (Lipinski definition) is 0. The summed E-state index contributed by atoms with van der Waals surface area (Å²) >= 11 is 19.4. The average Bonchev–Trinajstić information content (AvgIpc) is 2.98. The van der Waals surface area contributed by atoms with Crippen molar-refractivity contribution in [3.8, 4) is 0 Å². The lowest BCUT2D eigenvalue weighted by Gasteiger charge is -2.19. The van der Waals surface area contributed by atoms with Gasteiger partial charge in [-0.25, -0.2) is 9.97 Å². The summed E-state index contributed by atoms with van der Waals surface area (Å²) in [4.78, 5) is 20.5. The maximum Gasteiger partial charge on any atom is 0.417 e. The molecule has 0 radical (unpaired) electrons. The van der Waals surface area contributed by atoms with Gasteiger partial charge >= 0.3 is 12.1 Å². The van der Waals surface area contributed by atoms with Crippen LogP contribution in [-0.4, -0.2) is 26.1 Å². The fourth-order valence-electron chi connectivity index (χ4n) is 2.91. The Balaban J connectivity index is 1.90. The molecule has 3 rings (SSSR count). The molecule has 3 aromatic rings. The molecule has 0 bridgehead atoms. The second kappa shape index (κ2) is 9.90. The lowest BCUT2D eigenvalue weighted by atomic mass is 10.2. The summed E-state index contributed by atoms with van der Waals surface area (Å²) in [5.41, 5.74) is -0.345. The number of benzene rings is 1. The lowest BCUT2D eigenvalue weighted by Crippen LogP contribution is -2.23. The Morgan fingerprint density at radius 2 is 1.76 bits per heavy atom. The van der Waals surface area contributed by atoms with Crippen LogP contribution in [0.4, 0.5) is 13.2 Å². The summed E-state index contributed by atoms with van der Waals surface area (Å²) in [6.45, 7) is 5.73. The predicted octanol–water partition coefficient (Wildman–Crippen LogP) is 7.68. The Morgan fingerprint density at radius 3 is 2.36 bits per heavy atom. The van der Waals surface area contributed by atoms with Crippen LogP contribution in [0.1, 0.15) is 39.2 Å². The van der Waals surface area contributed by atoms with Crippen LogP contribution in [0.2, 0.25) is 15.1 Å². The molecular formula is C21H19Cl3F3N3O2S. The average molecular weight is 541 g/mol. The van der Waals surface area contributed by atoms with Crippen LogP contribution in [0.3, 0.4) is 0 Å². The van der Waals surface area contributed by atoms with E-state index in [2.05, 4.69) is 9.97 Å². The molecule has 0 atom stereocenters. The van der Waals surface area contributed by atoms with E-state index in [4.69, 9.17) is 39.5 Å². The van der Waals surface area contributed by atoms with Crippen LogP contribution in [-0.2, 0) is 22.3 Å². The second-order valence-corrected chi connectivity index (χ2v) is 10.3. The first kappa shape index (κ1) is 25.9. The molecule has 0 aliphatic carbocycles. The fraction of sp³-hybridized carbons (Fsp3) is 0.381. The number of halogens is 6. The minimum Gasteiger partial charge on any atom is -0.460 e. The van der Waals surface area contributed by atoms with Crippen molar-refractivity contribution in [2.75, 3.05) is 0 Å². The molecule has 1 aromatic carbocycles. The highest BCUT2D eigenvalue weighted by Crippen LogP contribution is 2.38. The summed E-state index contributed by atoms with van der Waals surface area (Å²) in [6, 6.07) is 4.06. The molecule has 178 valence electrons. The number of nitrogens with zero attached hydrogens (tertiary/aromatic N) is 3. The van der Waals surface area contributed by atoms with Gasteiger partial charge in [0.25, 0.3) is 0 Å². The first-order valence-electron chi connectivity index (χ1n) is 9.72. The highest BCUT2D eigenvalue weighted by atomic mass is 35.5. The summed E-state index contributed by atoms with van der Waals surface area (Å²) in [7, 11) is 0. The van der Waals surface area contributed by atoms with Gasteiger partial charge in [-0.2, -0.15) is 13.2 Å². The minimum atomic E-state index is -4.55. The third kappa shape index (κ3) is 6.68. The maximum atomic E-state index is 12.9. The van der Waals surface area contributed by atoms with Gasteiger partial charge in [-0.1, -0.05) is 34.8 Å². The van der Waals surface area contributed by atoms with Crippen molar-refractivity contribution >= 4 is 63.6 Å². The number of ether oxygens (including phenoxy) is 1. The number of carbonyl (C=O) groups is 1. The van der Waals surface area contributed by atoms with Gasteiger partial charge in [-0.3, -0.25) is 4.79 Å². The van der Waals surface area contributed by atoms with Gasteiger partial charge in [0.1, 0.15) is 10.6 Å². The van der Waals surface area contributed by atoms with Crippen LogP contribution in [0.15, 0.2) is 34.6 Å². The van der Waals surface area contributed by atoms with Gasteiger partial charge < -0.3 is 9.30 Å². The van der Waals surface area contributed by atoms with Gasteiger partial charge in [0.2, 0.25) is 0 Å². The van der Waals surface area contributed by atoms with E-state index in [1.165, 1.54) is 0 Å². The van der Waals surface area contributed by atoms with E-state index in [0.717, 1.165) is 24.0 Å². The zero-order valence-corrected chi connectivity index (χ0v) is 20.8. The van der Waals surface area contributed by atoms with Crippen LogP contribution >= 0.6 is 46.6 Å². The topological polar surface area (TPSA) is 57.0 Å². The molecule has 0 saturated heterocycles. The van der Waals surface area contributed by atoms with E-state index in [-0.39, 0.29) is 22.4 Å². The van der Waals surface area contributed by atoms with Crippen molar-refractivity contribution < 1.29 is 22.7 Å². The largest absolute Gasteiger partial charge is 0.460 e. The van der Waals surface area contributed by atoms with Crippen LogP contribution in [0.25, 0.3) is 11.0 Å². The standard InChI is InChI=1S/C21H19Cl3F3N3O2S/c1-20(2,3)32-17(31)5-4-6-30-16-9-13(23)12(22)8-15(16)29-19(30)33-18-14(24)7-11(10-28-18)21(25,26)27/h7-10H,4-6H2,1-3H3. The molecule has 0 N–H and O–H groups in total. The number of imidazole rings is 1. The number of carbonyl (C=O) groups excluding carboxylic acids is 1. The first-order chi connectivity index (χ1) is 15.2. The molecule has 0 aliphatic rings. The monoisotopic (exact) mass is 539 g/mol. The van der Waals surface area contributed by atoms with Crippen molar-refractivity contribution in [2.24, 2.45) is 0 Å². The van der Waals surface area contributed by atoms with Crippen molar-refractivity contribution in [2.45, 2.75) is 62.1 Å². The minimum absolute atomic E-state index is 0.154. The highest BCUT2D eigenvalue weighted by molar-refractivity contribution is 7.99. The highest BCUT2D eigenvalue weighted by Gasteiger charge is 2.32. The molecule has 0 spiro atoms. The van der Waals surface area contributed by atoms with Gasteiger partial charge in [0.05, 0.1) is 31.7 Å². The van der Waals surface area contributed by atoms with E-state index in [1.807, 2.05) is 0 Å². The molecular weight excluding hydrogens is 522 g/mol. The van der Waals surface area contributed by atoms with Crippen LogP contribution in [0, 0.1) is 0 Å². The van der Waals surface area contributed by atoms with Crippen LogP contribution < -0.4 is 0 Å². The Bertz CT molecular complexity index is 1190. The molecule has 0 fully saturated rings. The Hall–Kier alpha value is -1.68.